The fraction of sp³-hybridized carbons (Fsp3) is 0.300. The van der Waals surface area contributed by atoms with Gasteiger partial charge in [0.05, 0.1) is 6.61 Å². The van der Waals surface area contributed by atoms with Gasteiger partial charge in [0.15, 0.2) is 5.76 Å². The molecule has 0 radical (unpaired) electrons. The average Bonchev–Trinajstić information content (AvgIpc) is 2.54. The lowest BCUT2D eigenvalue weighted by Crippen LogP contribution is -1.88. The lowest BCUT2D eigenvalue weighted by atomic mass is 10.3. The quantitative estimate of drug-likeness (QED) is 0.666. The van der Waals surface area contributed by atoms with Gasteiger partial charge in [-0.2, -0.15) is 0 Å². The molecule has 1 aromatic heterocycles. The van der Waals surface area contributed by atoms with E-state index >= 15 is 0 Å². The predicted molar refractivity (Wildman–Crippen MR) is 51.9 cm³/mol. The number of nitrogens with zero attached hydrogens (tertiary/aromatic N) is 1. The molecular formula is C10H13NO2. The zero-order valence-corrected chi connectivity index (χ0v) is 7.91. The van der Waals surface area contributed by atoms with Crippen LogP contribution >= 0.6 is 0 Å². The third kappa shape index (κ3) is 2.47. The Kier molecular flexibility index (Phi) is 3.31. The summed E-state index contributed by atoms with van der Waals surface area (Å²) in [5.74, 6) is 1.25. The van der Waals surface area contributed by atoms with Crippen LogP contribution in [0.1, 0.15) is 25.3 Å². The first-order valence-corrected chi connectivity index (χ1v) is 4.19. The van der Waals surface area contributed by atoms with E-state index in [1.807, 2.05) is 26.0 Å². The van der Waals surface area contributed by atoms with E-state index in [0.717, 1.165) is 0 Å². The second kappa shape index (κ2) is 4.50. The maximum absolute atomic E-state index is 5.18. The highest BCUT2D eigenvalue weighted by Gasteiger charge is 2.05. The summed E-state index contributed by atoms with van der Waals surface area (Å²) in [6, 6.07) is 1.79. The molecule has 0 atom stereocenters. The van der Waals surface area contributed by atoms with E-state index in [-0.39, 0.29) is 0 Å². The molecule has 0 spiro atoms. The second-order valence-corrected chi connectivity index (χ2v) is 2.47. The van der Waals surface area contributed by atoms with Gasteiger partial charge in [0.2, 0.25) is 0 Å². The SMILES string of the molecule is C=C(OCC)c1cc(/C=C/C)on1. The Morgan fingerprint density at radius 1 is 1.77 bits per heavy atom. The van der Waals surface area contributed by atoms with Crippen molar-refractivity contribution in [3.8, 4) is 0 Å². The third-order valence-electron chi connectivity index (χ3n) is 1.46. The van der Waals surface area contributed by atoms with Gasteiger partial charge in [-0.1, -0.05) is 17.8 Å². The van der Waals surface area contributed by atoms with Gasteiger partial charge in [-0.3, -0.25) is 0 Å². The summed E-state index contributed by atoms with van der Waals surface area (Å²) in [5, 5.41) is 3.80. The summed E-state index contributed by atoms with van der Waals surface area (Å²) in [7, 11) is 0. The molecule has 1 aromatic rings. The van der Waals surface area contributed by atoms with Gasteiger partial charge in [-0.05, 0) is 19.9 Å². The van der Waals surface area contributed by atoms with E-state index in [0.29, 0.717) is 23.8 Å². The normalized spacial score (nSPS) is 10.6. The van der Waals surface area contributed by atoms with Crippen LogP contribution in [0.5, 0.6) is 0 Å². The highest BCUT2D eigenvalue weighted by atomic mass is 16.5. The van der Waals surface area contributed by atoms with E-state index < -0.39 is 0 Å². The van der Waals surface area contributed by atoms with Gasteiger partial charge in [0.1, 0.15) is 11.5 Å². The van der Waals surface area contributed by atoms with Crippen LogP contribution in [-0.4, -0.2) is 11.8 Å². The summed E-state index contributed by atoms with van der Waals surface area (Å²) in [6.07, 6.45) is 3.71. The Morgan fingerprint density at radius 3 is 3.15 bits per heavy atom. The van der Waals surface area contributed by atoms with Crippen molar-refractivity contribution in [3.63, 3.8) is 0 Å². The van der Waals surface area contributed by atoms with Crippen molar-refractivity contribution < 1.29 is 9.26 Å². The number of hydrogen-bond acceptors (Lipinski definition) is 3. The molecule has 0 aromatic carbocycles. The van der Waals surface area contributed by atoms with Gasteiger partial charge in [0, 0.05) is 6.07 Å². The fourth-order valence-electron chi connectivity index (χ4n) is 0.912. The Hall–Kier alpha value is -1.51. The Bertz CT molecular complexity index is 312. The first-order chi connectivity index (χ1) is 6.27. The number of rotatable bonds is 4. The summed E-state index contributed by atoms with van der Waals surface area (Å²) in [5.41, 5.74) is 0.648. The number of aromatic nitrogens is 1. The standard InChI is InChI=1S/C10H13NO2/c1-4-6-9-7-10(11-13-9)8(3)12-5-2/h4,6-7H,3,5H2,1-2H3/b6-4+. The van der Waals surface area contributed by atoms with Gasteiger partial charge < -0.3 is 9.26 Å². The van der Waals surface area contributed by atoms with Crippen LogP contribution in [0.4, 0.5) is 0 Å². The molecule has 0 aliphatic carbocycles. The van der Waals surface area contributed by atoms with Crippen molar-refractivity contribution in [3.05, 3.63) is 30.2 Å². The smallest absolute Gasteiger partial charge is 0.160 e. The molecule has 0 fully saturated rings. The van der Waals surface area contributed by atoms with Crippen molar-refractivity contribution in [1.82, 2.24) is 5.16 Å². The van der Waals surface area contributed by atoms with Gasteiger partial charge in [-0.25, -0.2) is 0 Å². The monoisotopic (exact) mass is 179 g/mol. The zero-order valence-electron chi connectivity index (χ0n) is 7.91. The minimum atomic E-state index is 0.544. The van der Waals surface area contributed by atoms with E-state index in [1.165, 1.54) is 0 Å². The Balaban J connectivity index is 2.73. The van der Waals surface area contributed by atoms with Crippen molar-refractivity contribution in [2.45, 2.75) is 13.8 Å². The summed E-state index contributed by atoms with van der Waals surface area (Å²) >= 11 is 0. The molecule has 0 aliphatic heterocycles. The molecule has 1 rings (SSSR count). The van der Waals surface area contributed by atoms with Crippen molar-refractivity contribution in [2.24, 2.45) is 0 Å². The van der Waals surface area contributed by atoms with Gasteiger partial charge in [0.25, 0.3) is 0 Å². The molecule has 0 N–H and O–H groups in total. The summed E-state index contributed by atoms with van der Waals surface area (Å²) < 4.78 is 10.2. The minimum absolute atomic E-state index is 0.544. The van der Waals surface area contributed by atoms with Crippen LogP contribution in [0.2, 0.25) is 0 Å². The van der Waals surface area contributed by atoms with Gasteiger partial charge >= 0.3 is 0 Å². The first-order valence-electron chi connectivity index (χ1n) is 4.19. The molecule has 0 saturated carbocycles. The topological polar surface area (TPSA) is 35.3 Å². The average molecular weight is 179 g/mol. The summed E-state index contributed by atoms with van der Waals surface area (Å²) in [6.45, 7) is 8.12. The first kappa shape index (κ1) is 9.58. The highest BCUT2D eigenvalue weighted by molar-refractivity contribution is 5.56. The Morgan fingerprint density at radius 2 is 2.54 bits per heavy atom. The maximum atomic E-state index is 5.18. The van der Waals surface area contributed by atoms with E-state index in [1.54, 1.807) is 6.07 Å². The molecule has 0 amide bonds. The van der Waals surface area contributed by atoms with E-state index in [9.17, 15) is 0 Å². The second-order valence-electron chi connectivity index (χ2n) is 2.47. The van der Waals surface area contributed by atoms with Crippen molar-refractivity contribution in [2.75, 3.05) is 6.61 Å². The van der Waals surface area contributed by atoms with Gasteiger partial charge in [-0.15, -0.1) is 0 Å². The highest BCUT2D eigenvalue weighted by Crippen LogP contribution is 2.14. The van der Waals surface area contributed by atoms with Crippen LogP contribution in [-0.2, 0) is 4.74 Å². The fourth-order valence-corrected chi connectivity index (χ4v) is 0.912. The molecule has 1 heterocycles. The molecule has 70 valence electrons. The summed E-state index contributed by atoms with van der Waals surface area (Å²) in [4.78, 5) is 0. The number of ether oxygens (including phenoxy) is 1. The van der Waals surface area contributed by atoms with Crippen molar-refractivity contribution in [1.29, 1.82) is 0 Å². The lowest BCUT2D eigenvalue weighted by Gasteiger charge is -2.00. The van der Waals surface area contributed by atoms with Crippen molar-refractivity contribution >= 4 is 11.8 Å². The van der Waals surface area contributed by atoms with Crippen LogP contribution in [0.25, 0.3) is 11.8 Å². The lowest BCUT2D eigenvalue weighted by molar-refractivity contribution is 0.294. The predicted octanol–water partition coefficient (Wildman–Crippen LogP) is 2.71. The van der Waals surface area contributed by atoms with Crippen LogP contribution in [0.3, 0.4) is 0 Å². The molecule has 0 aliphatic rings. The minimum Gasteiger partial charge on any atom is -0.492 e. The molecule has 0 unspecified atom stereocenters. The van der Waals surface area contributed by atoms with Crippen LogP contribution in [0, 0.1) is 0 Å². The molecule has 0 bridgehead atoms. The van der Waals surface area contributed by atoms with E-state index in [4.69, 9.17) is 9.26 Å². The maximum Gasteiger partial charge on any atom is 0.160 e. The largest absolute Gasteiger partial charge is 0.492 e. The molecule has 3 heteroatoms. The number of allylic oxidation sites excluding steroid dienone is 1. The Labute approximate surface area is 77.7 Å². The zero-order chi connectivity index (χ0) is 9.68. The van der Waals surface area contributed by atoms with Crippen LogP contribution in [0.15, 0.2) is 23.2 Å². The number of hydrogen-bond donors (Lipinski definition) is 0. The molecular weight excluding hydrogens is 166 g/mol. The molecule has 3 nitrogen and oxygen atoms in total. The molecule has 13 heavy (non-hydrogen) atoms. The third-order valence-corrected chi connectivity index (χ3v) is 1.46. The molecule has 0 saturated heterocycles. The van der Waals surface area contributed by atoms with Crippen LogP contribution < -0.4 is 0 Å². The van der Waals surface area contributed by atoms with E-state index in [2.05, 4.69) is 11.7 Å².